The summed E-state index contributed by atoms with van der Waals surface area (Å²) in [6.45, 7) is 3.44. The minimum Gasteiger partial charge on any atom is -0.505 e. The third-order valence-corrected chi connectivity index (χ3v) is 8.73. The van der Waals surface area contributed by atoms with Crippen LogP contribution < -0.4 is 4.72 Å². The fraction of sp³-hybridized carbons (Fsp3) is 0.0833. The molecule has 0 aliphatic rings. The molecular weight excluding hydrogens is 616 g/mol. The Labute approximate surface area is 281 Å². The Hall–Kier alpha value is -1.89. The monoisotopic (exact) mass is 637 g/mol. The van der Waals surface area contributed by atoms with Gasteiger partial charge in [-0.2, -0.15) is 21.9 Å². The molecule has 0 fully saturated rings. The van der Waals surface area contributed by atoms with Crippen molar-refractivity contribution in [3.8, 4) is 5.75 Å². The van der Waals surface area contributed by atoms with Crippen LogP contribution in [0.4, 0.5) is 17.1 Å². The molecule has 2 radical (unpaired) electrons. The molecule has 4 aromatic rings. The van der Waals surface area contributed by atoms with E-state index >= 15 is 0 Å². The summed E-state index contributed by atoms with van der Waals surface area (Å²) in [5, 5.41) is 18.2. The largest absolute Gasteiger partial charge is 0.505 e. The van der Waals surface area contributed by atoms with Crippen molar-refractivity contribution in [1.29, 1.82) is 0 Å². The first kappa shape index (κ1) is 35.3. The number of fused-ring (bicyclic) bond motifs is 1. The van der Waals surface area contributed by atoms with Gasteiger partial charge in [0.1, 0.15) is 10.6 Å². The molecule has 17 heteroatoms. The van der Waals surface area contributed by atoms with Gasteiger partial charge in [0.15, 0.2) is 5.75 Å². The van der Waals surface area contributed by atoms with Crippen LogP contribution >= 0.6 is 0 Å². The van der Waals surface area contributed by atoms with E-state index in [4.69, 9.17) is 0 Å². The molecular formula is C24H21N3Na2O9S3. The number of phenolic OH excluding ortho intramolecular Hbond substituents is 1. The summed E-state index contributed by atoms with van der Waals surface area (Å²) >= 11 is 0. The number of rotatable bonds is 7. The molecule has 0 aromatic heterocycles. The zero-order valence-corrected chi connectivity index (χ0v) is 28.7. The zero-order valence-electron chi connectivity index (χ0n) is 22.3. The molecule has 4 rings (SSSR count). The predicted octanol–water partition coefficient (Wildman–Crippen LogP) is 4.11. The van der Waals surface area contributed by atoms with E-state index in [-0.39, 0.29) is 74.8 Å². The molecule has 0 heterocycles. The Kier molecular flexibility index (Phi) is 11.3. The maximum absolute atomic E-state index is 13.1. The molecule has 206 valence electrons. The van der Waals surface area contributed by atoms with Crippen LogP contribution in [-0.2, 0) is 30.3 Å². The van der Waals surface area contributed by atoms with Gasteiger partial charge >= 0.3 is 0 Å². The van der Waals surface area contributed by atoms with Crippen molar-refractivity contribution in [2.45, 2.75) is 28.5 Å². The van der Waals surface area contributed by atoms with Gasteiger partial charge in [-0.15, -0.1) is 5.11 Å². The second-order valence-electron chi connectivity index (χ2n) is 8.50. The number of nitrogens with zero attached hydrogens (tertiary/aromatic N) is 2. The van der Waals surface area contributed by atoms with E-state index in [0.29, 0.717) is 11.3 Å². The molecule has 0 amide bonds. The number of sulfonamides is 1. The topological polar surface area (TPSA) is 200 Å². The van der Waals surface area contributed by atoms with Gasteiger partial charge in [-0.25, -0.2) is 8.42 Å². The van der Waals surface area contributed by atoms with Crippen LogP contribution in [0.25, 0.3) is 10.8 Å². The van der Waals surface area contributed by atoms with Gasteiger partial charge in [0, 0.05) is 59.1 Å². The zero-order chi connectivity index (χ0) is 28.8. The first-order valence-corrected chi connectivity index (χ1v) is 15.3. The minimum atomic E-state index is -5.07. The Balaban J connectivity index is 0.00000294. The van der Waals surface area contributed by atoms with E-state index in [9.17, 15) is 39.5 Å². The van der Waals surface area contributed by atoms with Crippen molar-refractivity contribution in [2.24, 2.45) is 10.2 Å². The van der Waals surface area contributed by atoms with Crippen LogP contribution in [0.2, 0.25) is 0 Å². The average Bonchev–Trinajstić information content (AvgIpc) is 2.82. The molecule has 41 heavy (non-hydrogen) atoms. The van der Waals surface area contributed by atoms with Gasteiger partial charge in [-0.1, -0.05) is 35.9 Å². The normalized spacial score (nSPS) is 12.1. The Morgan fingerprint density at radius 3 is 1.90 bits per heavy atom. The number of anilines is 1. The van der Waals surface area contributed by atoms with E-state index < -0.39 is 57.2 Å². The SMILES string of the molecule is Cc1ccc(S(=O)(=O)Nc2cc(S(=O)(=O)O)cc3cc(S(=O)(=O)O)c(N=Nc4ccccc4C)c(O)c23)cc1.[Na].[Na]. The van der Waals surface area contributed by atoms with E-state index in [0.717, 1.165) is 23.8 Å². The van der Waals surface area contributed by atoms with Crippen molar-refractivity contribution in [2.75, 3.05) is 4.72 Å². The summed E-state index contributed by atoms with van der Waals surface area (Å²) in [5.74, 6) is -0.930. The summed E-state index contributed by atoms with van der Waals surface area (Å²) in [6.07, 6.45) is 0. The third-order valence-electron chi connectivity index (χ3n) is 5.65. The smallest absolute Gasteiger partial charge is 0.296 e. The first-order chi connectivity index (χ1) is 18.1. The van der Waals surface area contributed by atoms with Crippen molar-refractivity contribution >= 4 is 117 Å². The van der Waals surface area contributed by atoms with Gasteiger partial charge in [0.25, 0.3) is 30.3 Å². The van der Waals surface area contributed by atoms with Gasteiger partial charge in [-0.05, 0) is 61.2 Å². The van der Waals surface area contributed by atoms with Crippen LogP contribution in [0, 0.1) is 13.8 Å². The van der Waals surface area contributed by atoms with Crippen molar-refractivity contribution in [3.05, 3.63) is 77.9 Å². The number of aryl methyl sites for hydroxylation is 2. The second kappa shape index (κ2) is 13.2. The molecule has 0 unspecified atom stereocenters. The number of aromatic hydroxyl groups is 1. The van der Waals surface area contributed by atoms with Crippen molar-refractivity contribution in [3.63, 3.8) is 0 Å². The standard InChI is InChI=1S/C24H21N3O9S3.2Na/c1-14-7-9-17(10-8-14)37(29,30)27-20-13-18(38(31,32)33)11-16-12-21(39(34,35)36)23(24(28)22(16)20)26-25-19-6-4-3-5-15(19)2;;/h3-13,27-28H,1-2H3,(H,31,32,33)(H,34,35,36);;. The molecule has 0 saturated heterocycles. The molecule has 0 atom stereocenters. The summed E-state index contributed by atoms with van der Waals surface area (Å²) < 4.78 is 96.1. The average molecular weight is 638 g/mol. The summed E-state index contributed by atoms with van der Waals surface area (Å²) in [4.78, 5) is -1.96. The maximum atomic E-state index is 13.1. The molecule has 0 spiro atoms. The van der Waals surface area contributed by atoms with Crippen LogP contribution in [0.15, 0.2) is 91.6 Å². The van der Waals surface area contributed by atoms with Gasteiger partial charge in [0.05, 0.1) is 26.6 Å². The Morgan fingerprint density at radius 2 is 1.34 bits per heavy atom. The second-order valence-corrected chi connectivity index (χ2v) is 13.0. The fourth-order valence-electron chi connectivity index (χ4n) is 3.68. The number of hydrogen-bond donors (Lipinski definition) is 4. The number of azo groups is 1. The van der Waals surface area contributed by atoms with Gasteiger partial charge in [-0.3, -0.25) is 13.8 Å². The quantitative estimate of drug-likeness (QED) is 0.131. The molecule has 0 aliphatic heterocycles. The van der Waals surface area contributed by atoms with E-state index in [1.807, 2.05) is 0 Å². The van der Waals surface area contributed by atoms with Crippen molar-refractivity contribution in [1.82, 2.24) is 0 Å². The minimum absolute atomic E-state index is 0. The molecule has 0 bridgehead atoms. The molecule has 0 aliphatic carbocycles. The van der Waals surface area contributed by atoms with E-state index in [1.54, 1.807) is 38.1 Å². The van der Waals surface area contributed by atoms with E-state index in [1.165, 1.54) is 24.3 Å². The van der Waals surface area contributed by atoms with Gasteiger partial charge in [0.2, 0.25) is 0 Å². The Morgan fingerprint density at radius 1 is 0.732 bits per heavy atom. The number of hydrogen-bond acceptors (Lipinski definition) is 9. The summed E-state index contributed by atoms with van der Waals surface area (Å²) in [6, 6.07) is 14.6. The summed E-state index contributed by atoms with van der Waals surface area (Å²) in [5.41, 5.74) is 0.475. The number of benzene rings is 4. The van der Waals surface area contributed by atoms with Crippen LogP contribution in [-0.4, -0.2) is 98.6 Å². The first-order valence-electron chi connectivity index (χ1n) is 10.9. The van der Waals surface area contributed by atoms with Crippen LogP contribution in [0.5, 0.6) is 5.75 Å². The van der Waals surface area contributed by atoms with Crippen LogP contribution in [0.3, 0.4) is 0 Å². The third kappa shape index (κ3) is 7.94. The fourth-order valence-corrected chi connectivity index (χ4v) is 5.95. The van der Waals surface area contributed by atoms with Crippen LogP contribution in [0.1, 0.15) is 11.1 Å². The van der Waals surface area contributed by atoms with E-state index in [2.05, 4.69) is 15.0 Å². The van der Waals surface area contributed by atoms with Gasteiger partial charge < -0.3 is 5.11 Å². The molecule has 4 N–H and O–H groups in total. The molecule has 12 nitrogen and oxygen atoms in total. The van der Waals surface area contributed by atoms with Crippen molar-refractivity contribution < 1.29 is 39.5 Å². The number of nitrogens with one attached hydrogen (secondary N) is 1. The number of phenols is 1. The molecule has 0 saturated carbocycles. The predicted molar refractivity (Wildman–Crippen MR) is 154 cm³/mol. The molecule has 4 aromatic carbocycles. The Bertz CT molecular complexity index is 1980. The maximum Gasteiger partial charge on any atom is 0.296 e. The summed E-state index contributed by atoms with van der Waals surface area (Å²) in [7, 11) is -14.4.